The molecule has 5 heteroatoms. The normalized spacial score (nSPS) is 9.70. The van der Waals surface area contributed by atoms with E-state index in [2.05, 4.69) is 9.79 Å². The summed E-state index contributed by atoms with van der Waals surface area (Å²) < 4.78 is 5.36. The lowest BCUT2D eigenvalue weighted by Gasteiger charge is -1.87. The first-order valence-electron chi connectivity index (χ1n) is 2.87. The van der Waals surface area contributed by atoms with E-state index in [1.54, 1.807) is 6.92 Å². The van der Waals surface area contributed by atoms with Crippen LogP contribution in [0.3, 0.4) is 0 Å². The maximum absolute atomic E-state index is 10.8. The van der Waals surface area contributed by atoms with Crippen LogP contribution in [0.15, 0.2) is 10.7 Å². The molecule has 1 aromatic rings. The summed E-state index contributed by atoms with van der Waals surface area (Å²) in [5.74, 6) is -0.178. The molecule has 0 aliphatic rings. The van der Waals surface area contributed by atoms with Gasteiger partial charge in [0.25, 0.3) is 5.55 Å². The fraction of sp³-hybridized carbons (Fsp3) is 0.400. The van der Waals surface area contributed by atoms with Gasteiger partial charge in [-0.3, -0.25) is 5.41 Å². The highest BCUT2D eigenvalue weighted by Crippen LogP contribution is 1.71. The zero-order valence-electron chi connectivity index (χ0n) is 5.50. The monoisotopic (exact) mass is 141 g/mol. The van der Waals surface area contributed by atoms with Crippen LogP contribution < -0.4 is 15.5 Å². The van der Waals surface area contributed by atoms with Crippen LogP contribution in [0.25, 0.3) is 0 Å². The standard InChI is InChI=1S/C5H7N3O2/c1-2-5(9)8-3-4(6)10-7-8/h3,6H,2H2,1H3. The second kappa shape index (κ2) is 2.47. The second-order valence-electron chi connectivity index (χ2n) is 1.76. The fourth-order valence-electron chi connectivity index (χ4n) is 0.526. The minimum absolute atomic E-state index is 0.109. The van der Waals surface area contributed by atoms with E-state index in [-0.39, 0.29) is 11.5 Å². The van der Waals surface area contributed by atoms with Gasteiger partial charge in [-0.2, -0.15) is 4.68 Å². The van der Waals surface area contributed by atoms with Gasteiger partial charge in [-0.25, -0.2) is 10.1 Å². The average molecular weight is 141 g/mol. The van der Waals surface area contributed by atoms with Crippen molar-refractivity contribution in [3.05, 3.63) is 11.8 Å². The van der Waals surface area contributed by atoms with Crippen molar-refractivity contribution in [1.82, 2.24) is 5.27 Å². The lowest BCUT2D eigenvalue weighted by molar-refractivity contribution is -0.654. The molecule has 0 aromatic carbocycles. The molecule has 0 aliphatic carbocycles. The van der Waals surface area contributed by atoms with Gasteiger partial charge in [0.15, 0.2) is 0 Å². The molecule has 0 saturated heterocycles. The van der Waals surface area contributed by atoms with Gasteiger partial charge in [-0.15, -0.1) is 0 Å². The maximum Gasteiger partial charge on any atom is 0.384 e. The first-order chi connectivity index (χ1) is 4.74. The molecule has 10 heavy (non-hydrogen) atoms. The number of carbonyl (C=O) groups excluding carboxylic acids is 1. The summed E-state index contributed by atoms with van der Waals surface area (Å²) in [5, 5.41) is 10.2. The minimum Gasteiger partial charge on any atom is -0.486 e. The molecule has 1 rings (SSSR count). The Balaban J connectivity index is 2.95. The van der Waals surface area contributed by atoms with E-state index in [0.29, 0.717) is 6.42 Å². The van der Waals surface area contributed by atoms with Crippen molar-refractivity contribution in [3.63, 3.8) is 0 Å². The Morgan fingerprint density at radius 2 is 2.70 bits per heavy atom. The Labute approximate surface area is 56.7 Å². The Hall–Kier alpha value is -1.39. The molecule has 0 fully saturated rings. The van der Waals surface area contributed by atoms with E-state index in [4.69, 9.17) is 5.41 Å². The van der Waals surface area contributed by atoms with Crippen molar-refractivity contribution in [3.8, 4) is 0 Å². The lowest BCUT2D eigenvalue weighted by atomic mass is 10.5. The molecular formula is C5H7N3O2. The molecule has 54 valence electrons. The van der Waals surface area contributed by atoms with E-state index in [0.717, 1.165) is 4.68 Å². The molecule has 0 aliphatic heterocycles. The van der Waals surface area contributed by atoms with Crippen LogP contribution in [0, 0.1) is 5.41 Å². The maximum atomic E-state index is 10.8. The Kier molecular flexibility index (Phi) is 1.66. The van der Waals surface area contributed by atoms with Crippen LogP contribution in [0.2, 0.25) is 0 Å². The highest BCUT2D eigenvalue weighted by atomic mass is 16.5. The van der Waals surface area contributed by atoms with Crippen molar-refractivity contribution < 1.29 is 14.0 Å². The van der Waals surface area contributed by atoms with E-state index in [9.17, 15) is 4.79 Å². The predicted octanol–water partition coefficient (Wildman–Crippen LogP) is -0.946. The zero-order valence-corrected chi connectivity index (χ0v) is 5.50. The third-order valence-corrected chi connectivity index (χ3v) is 1.02. The fourth-order valence-corrected chi connectivity index (χ4v) is 0.526. The summed E-state index contributed by atoms with van der Waals surface area (Å²) in [6.07, 6.45) is 1.59. The zero-order chi connectivity index (χ0) is 7.56. The number of hydrogen-bond donors (Lipinski definition) is 1. The summed E-state index contributed by atoms with van der Waals surface area (Å²) >= 11 is 0. The summed E-state index contributed by atoms with van der Waals surface area (Å²) in [7, 11) is 0. The largest absolute Gasteiger partial charge is 0.486 e. The highest BCUT2D eigenvalue weighted by molar-refractivity contribution is 5.65. The van der Waals surface area contributed by atoms with E-state index in [1.165, 1.54) is 6.20 Å². The molecule has 0 atom stereocenters. The van der Waals surface area contributed by atoms with Gasteiger partial charge in [0.2, 0.25) is 6.20 Å². The quantitative estimate of drug-likeness (QED) is 0.513. The number of hydrogen-bond acceptors (Lipinski definition) is 3. The lowest BCUT2D eigenvalue weighted by Crippen LogP contribution is -2.44. The van der Waals surface area contributed by atoms with Crippen molar-refractivity contribution in [2.75, 3.05) is 0 Å². The predicted molar refractivity (Wildman–Crippen MR) is 29.0 cm³/mol. The van der Waals surface area contributed by atoms with Crippen molar-refractivity contribution in [2.45, 2.75) is 13.3 Å². The van der Waals surface area contributed by atoms with Gasteiger partial charge in [0, 0.05) is 0 Å². The summed E-state index contributed by atoms with van der Waals surface area (Å²) in [4.78, 5) is 10.8. The highest BCUT2D eigenvalue weighted by Gasteiger charge is 2.05. The second-order valence-corrected chi connectivity index (χ2v) is 1.76. The smallest absolute Gasteiger partial charge is 0.384 e. The number of nitrogens with zero attached hydrogens (tertiary/aromatic N) is 2. The van der Waals surface area contributed by atoms with Crippen LogP contribution in [0.1, 0.15) is 18.1 Å². The Bertz CT molecular complexity index is 285. The van der Waals surface area contributed by atoms with Gasteiger partial charge in [0.05, 0.1) is 6.42 Å². The minimum atomic E-state index is -0.178. The molecule has 0 unspecified atom stereocenters. The van der Waals surface area contributed by atoms with Gasteiger partial charge in [-0.1, -0.05) is 6.92 Å². The first-order valence-corrected chi connectivity index (χ1v) is 2.87. The van der Waals surface area contributed by atoms with Crippen LogP contribution >= 0.6 is 0 Å². The van der Waals surface area contributed by atoms with Gasteiger partial charge in [0.1, 0.15) is 0 Å². The third-order valence-electron chi connectivity index (χ3n) is 1.02. The SMILES string of the molecule is CCC(=O)[n+]1cc(=N)o[n-]1. The molecule has 1 N–H and O–H groups in total. The van der Waals surface area contributed by atoms with E-state index in [1.807, 2.05) is 0 Å². The van der Waals surface area contributed by atoms with Gasteiger partial charge >= 0.3 is 5.91 Å². The van der Waals surface area contributed by atoms with Crippen molar-refractivity contribution in [2.24, 2.45) is 0 Å². The molecular weight excluding hydrogens is 134 g/mol. The molecule has 1 aromatic heterocycles. The van der Waals surface area contributed by atoms with Gasteiger partial charge < -0.3 is 4.52 Å². The Morgan fingerprint density at radius 1 is 2.00 bits per heavy atom. The third kappa shape index (κ3) is 1.12. The number of aromatic nitrogens is 2. The molecule has 0 radical (unpaired) electrons. The topological polar surface area (TPSA) is 72.0 Å². The molecule has 0 spiro atoms. The molecule has 0 amide bonds. The average Bonchev–Trinajstić information content (AvgIpc) is 2.34. The van der Waals surface area contributed by atoms with Crippen molar-refractivity contribution in [1.29, 1.82) is 5.41 Å². The summed E-state index contributed by atoms with van der Waals surface area (Å²) in [6.45, 7) is 1.72. The van der Waals surface area contributed by atoms with E-state index < -0.39 is 0 Å². The number of rotatable bonds is 1. The number of nitrogens with one attached hydrogen (secondary N) is 1. The van der Waals surface area contributed by atoms with Crippen LogP contribution in [0.4, 0.5) is 0 Å². The van der Waals surface area contributed by atoms with Crippen molar-refractivity contribution >= 4 is 5.91 Å². The first kappa shape index (κ1) is 6.73. The van der Waals surface area contributed by atoms with E-state index >= 15 is 0 Å². The molecule has 5 nitrogen and oxygen atoms in total. The van der Waals surface area contributed by atoms with Gasteiger partial charge in [-0.05, 0) is 0 Å². The summed E-state index contributed by atoms with van der Waals surface area (Å²) in [5.41, 5.74) is -0.109. The molecule has 1 heterocycles. The Morgan fingerprint density at radius 3 is 3.10 bits per heavy atom. The molecule has 0 bridgehead atoms. The summed E-state index contributed by atoms with van der Waals surface area (Å²) in [6, 6.07) is 0. The number of carbonyl (C=O) groups is 1. The molecule has 0 saturated carbocycles. The van der Waals surface area contributed by atoms with Crippen LogP contribution in [-0.4, -0.2) is 5.91 Å². The van der Waals surface area contributed by atoms with Crippen LogP contribution in [-0.2, 0) is 0 Å². The van der Waals surface area contributed by atoms with Crippen LogP contribution in [0.5, 0.6) is 0 Å².